The fourth-order valence-corrected chi connectivity index (χ4v) is 4.04. The quantitative estimate of drug-likeness (QED) is 0.605. The van der Waals surface area contributed by atoms with E-state index in [1.807, 2.05) is 25.1 Å². The molecule has 1 atom stereocenters. The van der Waals surface area contributed by atoms with Gasteiger partial charge in [-0.1, -0.05) is 6.08 Å². The van der Waals surface area contributed by atoms with E-state index in [2.05, 4.69) is 21.7 Å². The Morgan fingerprint density at radius 1 is 1.16 bits per heavy atom. The molecule has 172 valence electrons. The van der Waals surface area contributed by atoms with E-state index in [1.54, 1.807) is 26.4 Å². The first-order chi connectivity index (χ1) is 15.5. The highest BCUT2D eigenvalue weighted by atomic mass is 19.1. The highest BCUT2D eigenvalue weighted by molar-refractivity contribution is 5.81. The van der Waals surface area contributed by atoms with Gasteiger partial charge in [0.25, 0.3) is 0 Å². The number of ether oxygens (including phenoxy) is 2. The minimum atomic E-state index is -0.238. The van der Waals surface area contributed by atoms with Crippen molar-refractivity contribution in [1.82, 2.24) is 10.2 Å². The highest BCUT2D eigenvalue weighted by Crippen LogP contribution is 2.33. The second kappa shape index (κ2) is 11.0. The lowest BCUT2D eigenvalue weighted by molar-refractivity contribution is -0.126. The maximum Gasteiger partial charge on any atom is 0.237 e. The minimum absolute atomic E-state index is 0.0136. The predicted octanol–water partition coefficient (Wildman–Crippen LogP) is 3.40. The number of allylic oxidation sites excluding steroid dienone is 1. The molecule has 6 nitrogen and oxygen atoms in total. The zero-order chi connectivity index (χ0) is 23.1. The van der Waals surface area contributed by atoms with Crippen molar-refractivity contribution in [3.8, 4) is 11.5 Å². The molecule has 3 rings (SSSR count). The number of halogens is 1. The lowest BCUT2D eigenvalue weighted by Crippen LogP contribution is -2.53. The number of piperazine rings is 1. The number of carbonyl (C=O) groups is 1. The fourth-order valence-electron chi connectivity index (χ4n) is 4.04. The lowest BCUT2D eigenvalue weighted by Gasteiger charge is -2.38. The van der Waals surface area contributed by atoms with Gasteiger partial charge >= 0.3 is 0 Å². The molecule has 1 unspecified atom stereocenters. The number of methoxy groups -OCH3 is 2. The summed E-state index contributed by atoms with van der Waals surface area (Å²) in [5, 5.41) is 3.05. The summed E-state index contributed by atoms with van der Waals surface area (Å²) in [6.45, 7) is 9.27. The van der Waals surface area contributed by atoms with Crippen LogP contribution in [-0.4, -0.2) is 57.2 Å². The van der Waals surface area contributed by atoms with Gasteiger partial charge < -0.3 is 19.7 Å². The zero-order valence-corrected chi connectivity index (χ0v) is 19.1. The van der Waals surface area contributed by atoms with Crippen LogP contribution in [-0.2, 0) is 17.8 Å². The standard InChI is InChI=1S/C25H32FN3O3/c1-5-6-20-15-19(16-23(31-3)24(20)32-4)17-27-25(30)18(2)28-11-13-29(14-12-28)22-9-7-21(26)8-10-22/h5,7-10,15-16,18H,1,6,11-14,17H2,2-4H3,(H,27,30). The smallest absolute Gasteiger partial charge is 0.237 e. The van der Waals surface area contributed by atoms with Crippen molar-refractivity contribution in [2.24, 2.45) is 0 Å². The topological polar surface area (TPSA) is 54.0 Å². The minimum Gasteiger partial charge on any atom is -0.493 e. The molecule has 0 aliphatic carbocycles. The first kappa shape index (κ1) is 23.6. The summed E-state index contributed by atoms with van der Waals surface area (Å²) in [6.07, 6.45) is 2.46. The van der Waals surface area contributed by atoms with Crippen LogP contribution >= 0.6 is 0 Å². The van der Waals surface area contributed by atoms with E-state index in [9.17, 15) is 9.18 Å². The van der Waals surface area contributed by atoms with E-state index >= 15 is 0 Å². The van der Waals surface area contributed by atoms with Crippen molar-refractivity contribution in [2.75, 3.05) is 45.3 Å². The molecule has 0 spiro atoms. The summed E-state index contributed by atoms with van der Waals surface area (Å²) in [6, 6.07) is 10.2. The van der Waals surface area contributed by atoms with E-state index < -0.39 is 0 Å². The van der Waals surface area contributed by atoms with E-state index in [0.29, 0.717) is 24.5 Å². The monoisotopic (exact) mass is 441 g/mol. The Morgan fingerprint density at radius 3 is 2.44 bits per heavy atom. The van der Waals surface area contributed by atoms with E-state index in [1.165, 1.54) is 12.1 Å². The number of rotatable bonds is 9. The fraction of sp³-hybridized carbons (Fsp3) is 0.400. The van der Waals surface area contributed by atoms with Gasteiger partial charge in [-0.05, 0) is 55.3 Å². The number of anilines is 1. The molecular formula is C25H32FN3O3. The average Bonchev–Trinajstić information content (AvgIpc) is 2.82. The molecule has 2 aromatic rings. The van der Waals surface area contributed by atoms with Gasteiger partial charge in [0.15, 0.2) is 11.5 Å². The van der Waals surface area contributed by atoms with Crippen molar-refractivity contribution >= 4 is 11.6 Å². The van der Waals surface area contributed by atoms with Crippen LogP contribution in [0.5, 0.6) is 11.5 Å². The van der Waals surface area contributed by atoms with Gasteiger partial charge in [-0.2, -0.15) is 0 Å². The van der Waals surface area contributed by atoms with Crippen molar-refractivity contribution < 1.29 is 18.7 Å². The SMILES string of the molecule is C=CCc1cc(CNC(=O)C(C)N2CCN(c3ccc(F)cc3)CC2)cc(OC)c1OC. The third kappa shape index (κ3) is 5.59. The summed E-state index contributed by atoms with van der Waals surface area (Å²) in [5.41, 5.74) is 2.92. The number of nitrogens with one attached hydrogen (secondary N) is 1. The van der Waals surface area contributed by atoms with E-state index in [4.69, 9.17) is 9.47 Å². The molecule has 0 aromatic heterocycles. The maximum atomic E-state index is 13.2. The Morgan fingerprint density at radius 2 is 1.84 bits per heavy atom. The Labute approximate surface area is 189 Å². The first-order valence-corrected chi connectivity index (χ1v) is 10.8. The summed E-state index contributed by atoms with van der Waals surface area (Å²) in [5.74, 6) is 1.08. The molecule has 0 radical (unpaired) electrons. The van der Waals surface area contributed by atoms with E-state index in [-0.39, 0.29) is 17.8 Å². The molecule has 1 saturated heterocycles. The van der Waals surface area contributed by atoms with Gasteiger partial charge in [0.1, 0.15) is 5.82 Å². The van der Waals surface area contributed by atoms with Gasteiger partial charge in [-0.3, -0.25) is 9.69 Å². The zero-order valence-electron chi connectivity index (χ0n) is 19.1. The van der Waals surface area contributed by atoms with Crippen LogP contribution in [0.3, 0.4) is 0 Å². The molecular weight excluding hydrogens is 409 g/mol. The Bertz CT molecular complexity index is 925. The molecule has 1 N–H and O–H groups in total. The summed E-state index contributed by atoms with van der Waals surface area (Å²) >= 11 is 0. The highest BCUT2D eigenvalue weighted by Gasteiger charge is 2.25. The molecule has 0 saturated carbocycles. The van der Waals surface area contributed by atoms with Crippen LogP contribution in [0, 0.1) is 5.82 Å². The molecule has 32 heavy (non-hydrogen) atoms. The average molecular weight is 442 g/mol. The van der Waals surface area contributed by atoms with Gasteiger partial charge in [0.2, 0.25) is 5.91 Å². The normalized spacial score (nSPS) is 15.2. The van der Waals surface area contributed by atoms with Gasteiger partial charge in [-0.25, -0.2) is 4.39 Å². The molecule has 1 heterocycles. The van der Waals surface area contributed by atoms with Crippen LogP contribution in [0.25, 0.3) is 0 Å². The maximum absolute atomic E-state index is 13.2. The second-order valence-electron chi connectivity index (χ2n) is 7.88. The number of amides is 1. The van der Waals surface area contributed by atoms with Crippen LogP contribution in [0.4, 0.5) is 10.1 Å². The molecule has 1 aliphatic heterocycles. The van der Waals surface area contributed by atoms with Crippen molar-refractivity contribution in [3.63, 3.8) is 0 Å². The van der Waals surface area contributed by atoms with Crippen LogP contribution in [0.2, 0.25) is 0 Å². The summed E-state index contributed by atoms with van der Waals surface area (Å²) in [7, 11) is 3.22. The Balaban J connectivity index is 1.56. The van der Waals surface area contributed by atoms with E-state index in [0.717, 1.165) is 43.0 Å². The number of hydrogen-bond donors (Lipinski definition) is 1. The van der Waals surface area contributed by atoms with Crippen LogP contribution in [0.15, 0.2) is 49.1 Å². The third-order valence-electron chi connectivity index (χ3n) is 5.88. The van der Waals surface area contributed by atoms with Crippen molar-refractivity contribution in [3.05, 3.63) is 66.0 Å². The predicted molar refractivity (Wildman–Crippen MR) is 125 cm³/mol. The lowest BCUT2D eigenvalue weighted by atomic mass is 10.1. The number of carbonyl (C=O) groups excluding carboxylic acids is 1. The van der Waals surface area contributed by atoms with Crippen molar-refractivity contribution in [1.29, 1.82) is 0 Å². The molecule has 2 aromatic carbocycles. The van der Waals surface area contributed by atoms with Gasteiger partial charge in [0.05, 0.1) is 20.3 Å². The molecule has 1 amide bonds. The number of nitrogens with zero attached hydrogens (tertiary/aromatic N) is 2. The summed E-state index contributed by atoms with van der Waals surface area (Å²) < 4.78 is 24.1. The second-order valence-corrected chi connectivity index (χ2v) is 7.88. The first-order valence-electron chi connectivity index (χ1n) is 10.8. The Hall–Kier alpha value is -3.06. The molecule has 0 bridgehead atoms. The largest absolute Gasteiger partial charge is 0.493 e. The van der Waals surface area contributed by atoms with Gasteiger partial charge in [-0.15, -0.1) is 6.58 Å². The van der Waals surface area contributed by atoms with Crippen LogP contribution in [0.1, 0.15) is 18.1 Å². The number of hydrogen-bond acceptors (Lipinski definition) is 5. The summed E-state index contributed by atoms with van der Waals surface area (Å²) in [4.78, 5) is 17.2. The van der Waals surface area contributed by atoms with Crippen molar-refractivity contribution in [2.45, 2.75) is 25.9 Å². The number of benzene rings is 2. The van der Waals surface area contributed by atoms with Gasteiger partial charge in [0, 0.05) is 44.0 Å². The Kier molecular flexibility index (Phi) is 8.11. The molecule has 7 heteroatoms. The third-order valence-corrected chi connectivity index (χ3v) is 5.88. The molecule has 1 aliphatic rings. The molecule has 1 fully saturated rings. The van der Waals surface area contributed by atoms with Crippen LogP contribution < -0.4 is 19.7 Å².